The lowest BCUT2D eigenvalue weighted by atomic mass is 10.0. The van der Waals surface area contributed by atoms with Crippen molar-refractivity contribution < 1.29 is 4.74 Å². The highest BCUT2D eigenvalue weighted by Crippen LogP contribution is 2.20. The molecule has 0 aliphatic heterocycles. The molecule has 1 unspecified atom stereocenters. The zero-order chi connectivity index (χ0) is 12.8. The van der Waals surface area contributed by atoms with Gasteiger partial charge in [0.2, 0.25) is 0 Å². The van der Waals surface area contributed by atoms with Gasteiger partial charge in [-0.25, -0.2) is 0 Å². The van der Waals surface area contributed by atoms with E-state index in [1.165, 1.54) is 11.1 Å². The lowest BCUT2D eigenvalue weighted by molar-refractivity contribution is 0.184. The van der Waals surface area contributed by atoms with E-state index in [-0.39, 0.29) is 6.04 Å². The summed E-state index contributed by atoms with van der Waals surface area (Å²) in [5.74, 6) is 0. The van der Waals surface area contributed by atoms with Gasteiger partial charge in [-0.15, -0.1) is 0 Å². The average molecular weight is 236 g/mol. The first-order valence-corrected chi connectivity index (χ1v) is 6.10. The Hall–Kier alpha value is -0.900. The molecule has 0 aliphatic rings. The maximum atomic E-state index is 5.87. The van der Waals surface area contributed by atoms with Gasteiger partial charge >= 0.3 is 0 Å². The van der Waals surface area contributed by atoms with Gasteiger partial charge in [-0.3, -0.25) is 4.90 Å². The zero-order valence-electron chi connectivity index (χ0n) is 11.3. The molecular weight excluding hydrogens is 212 g/mol. The van der Waals surface area contributed by atoms with E-state index in [1.54, 1.807) is 7.11 Å². The number of hydrogen-bond donors (Lipinski definition) is 1. The molecule has 2 N–H and O–H groups in total. The Morgan fingerprint density at radius 3 is 2.24 bits per heavy atom. The highest BCUT2D eigenvalue weighted by atomic mass is 16.5. The largest absolute Gasteiger partial charge is 0.380 e. The molecule has 17 heavy (non-hydrogen) atoms. The van der Waals surface area contributed by atoms with Crippen LogP contribution in [0.15, 0.2) is 24.3 Å². The third kappa shape index (κ3) is 3.80. The topological polar surface area (TPSA) is 38.5 Å². The van der Waals surface area contributed by atoms with Gasteiger partial charge in [0, 0.05) is 25.7 Å². The van der Waals surface area contributed by atoms with Crippen molar-refractivity contribution in [1.82, 2.24) is 4.90 Å². The van der Waals surface area contributed by atoms with E-state index < -0.39 is 0 Å². The molecule has 0 saturated carbocycles. The number of ether oxygens (including phenoxy) is 1. The van der Waals surface area contributed by atoms with E-state index in [1.807, 2.05) is 0 Å². The SMILES string of the molecule is COCc1ccc(C(CN)N(C)C(C)C)cc1. The second kappa shape index (κ2) is 6.74. The molecule has 96 valence electrons. The van der Waals surface area contributed by atoms with Crippen LogP contribution in [0.3, 0.4) is 0 Å². The standard InChI is InChI=1S/C14H24N2O/c1-11(2)16(3)14(9-15)13-7-5-12(6-8-13)10-17-4/h5-8,11,14H,9-10,15H2,1-4H3. The second-order valence-electron chi connectivity index (χ2n) is 4.69. The molecule has 0 amide bonds. The van der Waals surface area contributed by atoms with Crippen LogP contribution in [0, 0.1) is 0 Å². The molecule has 1 aromatic rings. The molecule has 0 fully saturated rings. The third-order valence-electron chi connectivity index (χ3n) is 3.20. The van der Waals surface area contributed by atoms with Crippen molar-refractivity contribution in [3.8, 4) is 0 Å². The fraction of sp³-hybridized carbons (Fsp3) is 0.571. The number of likely N-dealkylation sites (N-methyl/N-ethyl adjacent to an activating group) is 1. The monoisotopic (exact) mass is 236 g/mol. The molecule has 1 rings (SSSR count). The van der Waals surface area contributed by atoms with Gasteiger partial charge in [-0.05, 0) is 32.0 Å². The minimum Gasteiger partial charge on any atom is -0.380 e. The van der Waals surface area contributed by atoms with Crippen LogP contribution in [0.4, 0.5) is 0 Å². The molecule has 0 bridgehead atoms. The summed E-state index contributed by atoms with van der Waals surface area (Å²) < 4.78 is 5.11. The van der Waals surface area contributed by atoms with E-state index in [0.29, 0.717) is 19.2 Å². The summed E-state index contributed by atoms with van der Waals surface area (Å²) in [6.45, 7) is 5.66. The minimum absolute atomic E-state index is 0.284. The Morgan fingerprint density at radius 2 is 1.82 bits per heavy atom. The smallest absolute Gasteiger partial charge is 0.0713 e. The van der Waals surface area contributed by atoms with Crippen molar-refractivity contribution in [3.63, 3.8) is 0 Å². The lowest BCUT2D eigenvalue weighted by Gasteiger charge is -2.30. The minimum atomic E-state index is 0.284. The molecule has 0 aromatic heterocycles. The van der Waals surface area contributed by atoms with Crippen LogP contribution < -0.4 is 5.73 Å². The van der Waals surface area contributed by atoms with E-state index in [0.717, 1.165) is 0 Å². The Bertz CT molecular complexity index is 321. The number of nitrogens with two attached hydrogens (primary N) is 1. The fourth-order valence-electron chi connectivity index (χ4n) is 1.90. The van der Waals surface area contributed by atoms with Crippen LogP contribution in [0.2, 0.25) is 0 Å². The second-order valence-corrected chi connectivity index (χ2v) is 4.69. The predicted molar refractivity (Wildman–Crippen MR) is 71.8 cm³/mol. The average Bonchev–Trinajstić information content (AvgIpc) is 2.32. The van der Waals surface area contributed by atoms with Crippen LogP contribution in [-0.4, -0.2) is 31.6 Å². The van der Waals surface area contributed by atoms with Gasteiger partial charge in [0.1, 0.15) is 0 Å². The molecule has 0 radical (unpaired) electrons. The third-order valence-corrected chi connectivity index (χ3v) is 3.20. The molecule has 0 heterocycles. The number of hydrogen-bond acceptors (Lipinski definition) is 3. The van der Waals surface area contributed by atoms with Gasteiger partial charge in [0.05, 0.1) is 6.61 Å². The molecule has 3 nitrogen and oxygen atoms in total. The van der Waals surface area contributed by atoms with Crippen molar-refractivity contribution in [2.24, 2.45) is 5.73 Å². The highest BCUT2D eigenvalue weighted by molar-refractivity contribution is 5.25. The van der Waals surface area contributed by atoms with Crippen molar-refractivity contribution in [2.75, 3.05) is 20.7 Å². The molecule has 1 aromatic carbocycles. The zero-order valence-corrected chi connectivity index (χ0v) is 11.3. The Balaban J connectivity index is 2.82. The molecule has 1 atom stereocenters. The molecule has 0 spiro atoms. The van der Waals surface area contributed by atoms with Crippen LogP contribution in [-0.2, 0) is 11.3 Å². The van der Waals surface area contributed by atoms with Gasteiger partial charge in [-0.2, -0.15) is 0 Å². The predicted octanol–water partition coefficient (Wildman–Crippen LogP) is 2.17. The fourth-order valence-corrected chi connectivity index (χ4v) is 1.90. The first-order valence-electron chi connectivity index (χ1n) is 6.10. The number of nitrogens with zero attached hydrogens (tertiary/aromatic N) is 1. The van der Waals surface area contributed by atoms with Gasteiger partial charge in [0.25, 0.3) is 0 Å². The molecular formula is C14H24N2O. The highest BCUT2D eigenvalue weighted by Gasteiger charge is 2.17. The van der Waals surface area contributed by atoms with Gasteiger partial charge in [0.15, 0.2) is 0 Å². The summed E-state index contributed by atoms with van der Waals surface area (Å²) in [6.07, 6.45) is 0. The Labute approximate surface area is 105 Å². The summed E-state index contributed by atoms with van der Waals surface area (Å²) in [6, 6.07) is 9.27. The number of benzene rings is 1. The van der Waals surface area contributed by atoms with Gasteiger partial charge < -0.3 is 10.5 Å². The normalized spacial score (nSPS) is 13.4. The quantitative estimate of drug-likeness (QED) is 0.822. The van der Waals surface area contributed by atoms with E-state index in [4.69, 9.17) is 10.5 Å². The Morgan fingerprint density at radius 1 is 1.24 bits per heavy atom. The summed E-state index contributed by atoms with van der Waals surface area (Å²) in [5.41, 5.74) is 8.33. The van der Waals surface area contributed by atoms with E-state index in [9.17, 15) is 0 Å². The summed E-state index contributed by atoms with van der Waals surface area (Å²) >= 11 is 0. The van der Waals surface area contributed by atoms with Crippen molar-refractivity contribution >= 4 is 0 Å². The van der Waals surface area contributed by atoms with Crippen LogP contribution in [0.25, 0.3) is 0 Å². The first kappa shape index (κ1) is 14.2. The lowest BCUT2D eigenvalue weighted by Crippen LogP contribution is -2.35. The summed E-state index contributed by atoms with van der Waals surface area (Å²) in [7, 11) is 3.83. The molecule has 3 heteroatoms. The summed E-state index contributed by atoms with van der Waals surface area (Å²) in [4.78, 5) is 2.30. The van der Waals surface area contributed by atoms with Crippen molar-refractivity contribution in [2.45, 2.75) is 32.5 Å². The molecule has 0 aliphatic carbocycles. The van der Waals surface area contributed by atoms with Crippen molar-refractivity contribution in [1.29, 1.82) is 0 Å². The summed E-state index contributed by atoms with van der Waals surface area (Å²) in [5, 5.41) is 0. The number of rotatable bonds is 6. The van der Waals surface area contributed by atoms with Gasteiger partial charge in [-0.1, -0.05) is 24.3 Å². The van der Waals surface area contributed by atoms with Crippen LogP contribution >= 0.6 is 0 Å². The first-order chi connectivity index (χ1) is 8.10. The maximum absolute atomic E-state index is 5.87. The van der Waals surface area contributed by atoms with E-state index in [2.05, 4.69) is 50.1 Å². The molecule has 0 saturated heterocycles. The van der Waals surface area contributed by atoms with Crippen LogP contribution in [0.5, 0.6) is 0 Å². The van der Waals surface area contributed by atoms with E-state index >= 15 is 0 Å². The maximum Gasteiger partial charge on any atom is 0.0713 e. The van der Waals surface area contributed by atoms with Crippen molar-refractivity contribution in [3.05, 3.63) is 35.4 Å². The number of methoxy groups -OCH3 is 1. The van der Waals surface area contributed by atoms with Crippen LogP contribution in [0.1, 0.15) is 31.0 Å². The Kier molecular flexibility index (Phi) is 5.62.